The van der Waals surface area contributed by atoms with Crippen LogP contribution in [0, 0.1) is 19.8 Å². The molecule has 0 spiro atoms. The molecule has 0 fully saturated rings. The summed E-state index contributed by atoms with van der Waals surface area (Å²) in [6, 6.07) is 9.09. The fourth-order valence-corrected chi connectivity index (χ4v) is 3.33. The number of aryl methyl sites for hydroxylation is 1. The number of benzene rings is 1. The van der Waals surface area contributed by atoms with Gasteiger partial charge in [0.2, 0.25) is 5.95 Å². The van der Waals surface area contributed by atoms with E-state index < -0.39 is 0 Å². The molecule has 2 heterocycles. The topological polar surface area (TPSA) is 41.1 Å². The van der Waals surface area contributed by atoms with Crippen molar-refractivity contribution in [2.45, 2.75) is 47.1 Å². The molecule has 1 N–H and O–H groups in total. The summed E-state index contributed by atoms with van der Waals surface area (Å²) in [4.78, 5) is 11.9. The Labute approximate surface area is 145 Å². The highest BCUT2D eigenvalue weighted by molar-refractivity contribution is 5.55. The maximum absolute atomic E-state index is 4.86. The molecule has 1 aliphatic rings. The normalized spacial score (nSPS) is 17.1. The molecule has 1 aliphatic heterocycles. The van der Waals surface area contributed by atoms with E-state index in [9.17, 15) is 0 Å². The van der Waals surface area contributed by atoms with Gasteiger partial charge in [0, 0.05) is 24.3 Å². The lowest BCUT2D eigenvalue weighted by Crippen LogP contribution is -2.35. The van der Waals surface area contributed by atoms with E-state index in [1.54, 1.807) is 0 Å². The van der Waals surface area contributed by atoms with Crippen LogP contribution in [0.15, 0.2) is 24.3 Å². The van der Waals surface area contributed by atoms with E-state index in [4.69, 9.17) is 4.98 Å². The van der Waals surface area contributed by atoms with Gasteiger partial charge in [0.05, 0.1) is 6.04 Å². The second kappa shape index (κ2) is 6.80. The van der Waals surface area contributed by atoms with Gasteiger partial charge < -0.3 is 10.2 Å². The van der Waals surface area contributed by atoms with Gasteiger partial charge in [0.15, 0.2) is 0 Å². The van der Waals surface area contributed by atoms with E-state index in [-0.39, 0.29) is 0 Å². The smallest absolute Gasteiger partial charge is 0.224 e. The van der Waals surface area contributed by atoms with Crippen molar-refractivity contribution in [3.8, 4) is 0 Å². The Balaban J connectivity index is 1.94. The fraction of sp³-hybridized carbons (Fsp3) is 0.500. The first kappa shape index (κ1) is 16.7. The molecule has 0 bridgehead atoms. The lowest BCUT2D eigenvalue weighted by atomic mass is 9.93. The molecule has 3 rings (SSSR count). The standard InChI is InChI=1S/C20H28N4/c1-13(2)12-21-20-22-15(4)14(3)19(23-20)24-11-10-17-8-6-7-9-18(17)16(24)5/h6-9,13,16H,10-12H2,1-5H3,(H,21,22,23). The summed E-state index contributed by atoms with van der Waals surface area (Å²) < 4.78 is 0. The molecule has 0 saturated heterocycles. The zero-order valence-electron chi connectivity index (χ0n) is 15.4. The van der Waals surface area contributed by atoms with Crippen LogP contribution in [0.3, 0.4) is 0 Å². The maximum atomic E-state index is 4.86. The summed E-state index contributed by atoms with van der Waals surface area (Å²) in [5.41, 5.74) is 5.10. The minimum atomic E-state index is 0.334. The number of rotatable bonds is 4. The maximum Gasteiger partial charge on any atom is 0.224 e. The second-order valence-corrected chi connectivity index (χ2v) is 7.17. The van der Waals surface area contributed by atoms with Gasteiger partial charge in [0.25, 0.3) is 0 Å². The van der Waals surface area contributed by atoms with Crippen LogP contribution < -0.4 is 10.2 Å². The van der Waals surface area contributed by atoms with Crippen LogP contribution in [0.2, 0.25) is 0 Å². The van der Waals surface area contributed by atoms with Crippen molar-refractivity contribution < 1.29 is 0 Å². The molecule has 128 valence electrons. The van der Waals surface area contributed by atoms with Gasteiger partial charge >= 0.3 is 0 Å². The van der Waals surface area contributed by atoms with Gasteiger partial charge in [0.1, 0.15) is 5.82 Å². The Bertz CT molecular complexity index is 724. The molecule has 1 unspecified atom stereocenters. The number of fused-ring (bicyclic) bond motifs is 1. The number of aromatic nitrogens is 2. The highest BCUT2D eigenvalue weighted by Gasteiger charge is 2.26. The molecule has 1 aromatic heterocycles. The van der Waals surface area contributed by atoms with Crippen LogP contribution in [0.1, 0.15) is 49.2 Å². The zero-order chi connectivity index (χ0) is 17.3. The molecular formula is C20H28N4. The fourth-order valence-electron chi connectivity index (χ4n) is 3.33. The minimum absolute atomic E-state index is 0.334. The Morgan fingerprint density at radius 2 is 1.96 bits per heavy atom. The third kappa shape index (κ3) is 3.23. The summed E-state index contributed by atoms with van der Waals surface area (Å²) in [6.07, 6.45) is 1.07. The third-order valence-corrected chi connectivity index (χ3v) is 4.90. The van der Waals surface area contributed by atoms with Crippen molar-refractivity contribution in [2.75, 3.05) is 23.3 Å². The van der Waals surface area contributed by atoms with Crippen LogP contribution in [-0.2, 0) is 6.42 Å². The Kier molecular flexibility index (Phi) is 4.74. The van der Waals surface area contributed by atoms with Crippen molar-refractivity contribution in [3.63, 3.8) is 0 Å². The van der Waals surface area contributed by atoms with Crippen molar-refractivity contribution in [2.24, 2.45) is 5.92 Å². The molecule has 0 amide bonds. The Morgan fingerprint density at radius 1 is 1.21 bits per heavy atom. The van der Waals surface area contributed by atoms with Gasteiger partial charge in [-0.3, -0.25) is 0 Å². The number of anilines is 2. The van der Waals surface area contributed by atoms with Gasteiger partial charge in [-0.2, -0.15) is 4.98 Å². The summed E-state index contributed by atoms with van der Waals surface area (Å²) in [6.45, 7) is 12.8. The zero-order valence-corrected chi connectivity index (χ0v) is 15.4. The van der Waals surface area contributed by atoms with Crippen LogP contribution >= 0.6 is 0 Å². The number of nitrogens with one attached hydrogen (secondary N) is 1. The molecule has 0 radical (unpaired) electrons. The summed E-state index contributed by atoms with van der Waals surface area (Å²) in [5, 5.41) is 3.38. The number of hydrogen-bond acceptors (Lipinski definition) is 4. The quantitative estimate of drug-likeness (QED) is 0.911. The molecule has 0 aliphatic carbocycles. The number of hydrogen-bond donors (Lipinski definition) is 1. The summed E-state index contributed by atoms with van der Waals surface area (Å²) >= 11 is 0. The monoisotopic (exact) mass is 324 g/mol. The molecule has 2 aromatic rings. The lowest BCUT2D eigenvalue weighted by molar-refractivity contribution is 0.613. The summed E-state index contributed by atoms with van der Waals surface area (Å²) in [5.74, 6) is 2.38. The van der Waals surface area contributed by atoms with E-state index >= 15 is 0 Å². The highest BCUT2D eigenvalue weighted by atomic mass is 15.3. The molecule has 4 nitrogen and oxygen atoms in total. The predicted octanol–water partition coefficient (Wildman–Crippen LogP) is 4.29. The van der Waals surface area contributed by atoms with Crippen molar-refractivity contribution in [3.05, 3.63) is 46.6 Å². The van der Waals surface area contributed by atoms with Crippen LogP contribution in [-0.4, -0.2) is 23.1 Å². The average Bonchev–Trinajstić information content (AvgIpc) is 2.57. The molecular weight excluding hydrogens is 296 g/mol. The van der Waals surface area contributed by atoms with Gasteiger partial charge in [-0.05, 0) is 44.2 Å². The van der Waals surface area contributed by atoms with E-state index in [0.29, 0.717) is 12.0 Å². The van der Waals surface area contributed by atoms with E-state index in [1.165, 1.54) is 16.7 Å². The van der Waals surface area contributed by atoms with Gasteiger partial charge in [-0.1, -0.05) is 38.1 Å². The average molecular weight is 324 g/mol. The van der Waals surface area contributed by atoms with Crippen molar-refractivity contribution in [1.29, 1.82) is 0 Å². The second-order valence-electron chi connectivity index (χ2n) is 7.17. The first-order valence-electron chi connectivity index (χ1n) is 8.91. The van der Waals surface area contributed by atoms with Crippen LogP contribution in [0.25, 0.3) is 0 Å². The SMILES string of the molecule is Cc1nc(NCC(C)C)nc(N2CCc3ccccc3C2C)c1C. The Morgan fingerprint density at radius 3 is 2.71 bits per heavy atom. The summed E-state index contributed by atoms with van der Waals surface area (Å²) in [7, 11) is 0. The van der Waals surface area contributed by atoms with Gasteiger partial charge in [-0.15, -0.1) is 0 Å². The first-order valence-corrected chi connectivity index (χ1v) is 8.91. The molecule has 1 atom stereocenters. The number of nitrogens with zero attached hydrogens (tertiary/aromatic N) is 3. The van der Waals surface area contributed by atoms with E-state index in [0.717, 1.165) is 37.0 Å². The van der Waals surface area contributed by atoms with E-state index in [2.05, 4.69) is 74.1 Å². The highest BCUT2D eigenvalue weighted by Crippen LogP contribution is 2.34. The molecule has 4 heteroatoms. The molecule has 24 heavy (non-hydrogen) atoms. The lowest BCUT2D eigenvalue weighted by Gasteiger charge is -2.37. The minimum Gasteiger partial charge on any atom is -0.354 e. The van der Waals surface area contributed by atoms with Crippen molar-refractivity contribution >= 4 is 11.8 Å². The Hall–Kier alpha value is -2.10. The van der Waals surface area contributed by atoms with Crippen molar-refractivity contribution in [1.82, 2.24) is 9.97 Å². The molecule has 1 aromatic carbocycles. The largest absolute Gasteiger partial charge is 0.354 e. The van der Waals surface area contributed by atoms with E-state index in [1.807, 2.05) is 0 Å². The first-order chi connectivity index (χ1) is 11.5. The van der Waals surface area contributed by atoms with Gasteiger partial charge in [-0.25, -0.2) is 4.98 Å². The van der Waals surface area contributed by atoms with Crippen LogP contribution in [0.5, 0.6) is 0 Å². The van der Waals surface area contributed by atoms with Crippen LogP contribution in [0.4, 0.5) is 11.8 Å². The molecule has 0 saturated carbocycles. The predicted molar refractivity (Wildman–Crippen MR) is 101 cm³/mol. The third-order valence-electron chi connectivity index (χ3n) is 4.90.